The summed E-state index contributed by atoms with van der Waals surface area (Å²) in [5.74, 6) is -0.353. The molecule has 10 nitrogen and oxygen atoms in total. The van der Waals surface area contributed by atoms with E-state index in [1.165, 1.54) is 19.2 Å². The lowest BCUT2D eigenvalue weighted by molar-refractivity contribution is -0.385. The van der Waals surface area contributed by atoms with E-state index in [0.717, 1.165) is 6.07 Å². The molecule has 3 aromatic carbocycles. The van der Waals surface area contributed by atoms with E-state index in [2.05, 4.69) is 16.0 Å². The van der Waals surface area contributed by atoms with Crippen molar-refractivity contribution in [3.05, 3.63) is 82.4 Å². The van der Waals surface area contributed by atoms with Gasteiger partial charge in [0, 0.05) is 23.1 Å². The molecule has 0 heterocycles. The van der Waals surface area contributed by atoms with Gasteiger partial charge in [-0.1, -0.05) is 24.3 Å². The van der Waals surface area contributed by atoms with Crippen LogP contribution in [0.1, 0.15) is 17.3 Å². The molecule has 0 spiro atoms. The summed E-state index contributed by atoms with van der Waals surface area (Å²) < 4.78 is 10.6. The van der Waals surface area contributed by atoms with Crippen LogP contribution in [-0.4, -0.2) is 30.6 Å². The molecule has 0 aliphatic rings. The van der Waals surface area contributed by atoms with Gasteiger partial charge in [-0.05, 0) is 37.3 Å². The van der Waals surface area contributed by atoms with Gasteiger partial charge in [-0.2, -0.15) is 0 Å². The molecule has 0 bridgehead atoms. The van der Waals surface area contributed by atoms with Crippen LogP contribution in [0.25, 0.3) is 0 Å². The molecule has 33 heavy (non-hydrogen) atoms. The number of nitrogens with one attached hydrogen (secondary N) is 3. The Kier molecular flexibility index (Phi) is 7.43. The van der Waals surface area contributed by atoms with Crippen LogP contribution in [0.15, 0.2) is 66.7 Å². The highest BCUT2D eigenvalue weighted by atomic mass is 16.6. The molecule has 0 radical (unpaired) electrons. The van der Waals surface area contributed by atoms with Crippen LogP contribution in [-0.2, 0) is 0 Å². The fourth-order valence-corrected chi connectivity index (χ4v) is 3.00. The molecule has 0 aliphatic heterocycles. The van der Waals surface area contributed by atoms with E-state index in [9.17, 15) is 19.7 Å². The molecule has 0 aliphatic carbocycles. The number of anilines is 3. The Balaban J connectivity index is 1.78. The first-order valence-electron chi connectivity index (χ1n) is 9.95. The van der Waals surface area contributed by atoms with Crippen molar-refractivity contribution in [2.45, 2.75) is 6.92 Å². The quantitative estimate of drug-likeness (QED) is 0.330. The van der Waals surface area contributed by atoms with E-state index in [1.54, 1.807) is 49.4 Å². The molecule has 0 fully saturated rings. The minimum atomic E-state index is -0.714. The summed E-state index contributed by atoms with van der Waals surface area (Å²) in [6.45, 7) is 2.00. The number of carbonyl (C=O) groups is 2. The number of carbonyl (C=O) groups excluding carboxylic acids is 2. The number of nitro benzene ring substituents is 1. The number of urea groups is 1. The van der Waals surface area contributed by atoms with Crippen LogP contribution >= 0.6 is 0 Å². The third kappa shape index (κ3) is 5.97. The third-order valence-electron chi connectivity index (χ3n) is 4.43. The van der Waals surface area contributed by atoms with Gasteiger partial charge in [0.25, 0.3) is 11.6 Å². The highest BCUT2D eigenvalue weighted by molar-refractivity contribution is 6.08. The Bertz CT molecular complexity index is 1170. The van der Waals surface area contributed by atoms with Crippen LogP contribution in [0.5, 0.6) is 11.5 Å². The second kappa shape index (κ2) is 10.6. The predicted octanol–water partition coefficient (Wildman–Crippen LogP) is 4.90. The summed E-state index contributed by atoms with van der Waals surface area (Å²) in [6, 6.07) is 17.2. The molecule has 0 saturated heterocycles. The lowest BCUT2D eigenvalue weighted by Gasteiger charge is -2.13. The monoisotopic (exact) mass is 450 g/mol. The van der Waals surface area contributed by atoms with E-state index in [4.69, 9.17) is 9.47 Å². The molecule has 0 unspecified atom stereocenters. The van der Waals surface area contributed by atoms with Gasteiger partial charge in [-0.25, -0.2) is 4.79 Å². The summed E-state index contributed by atoms with van der Waals surface area (Å²) in [6.07, 6.45) is 0. The van der Waals surface area contributed by atoms with E-state index < -0.39 is 22.5 Å². The Labute approximate surface area is 189 Å². The minimum absolute atomic E-state index is 0.166. The van der Waals surface area contributed by atoms with Crippen LogP contribution in [0.3, 0.4) is 0 Å². The van der Waals surface area contributed by atoms with Crippen molar-refractivity contribution in [1.29, 1.82) is 0 Å². The Morgan fingerprint density at radius 2 is 1.52 bits per heavy atom. The molecule has 3 N–H and O–H groups in total. The molecular formula is C23H22N4O6. The number of para-hydroxylation sites is 1. The largest absolute Gasteiger partial charge is 0.493 e. The number of ether oxygens (including phenoxy) is 2. The summed E-state index contributed by atoms with van der Waals surface area (Å²) >= 11 is 0. The Hall–Kier alpha value is -4.60. The molecule has 0 aromatic heterocycles. The average molecular weight is 450 g/mol. The number of methoxy groups -OCH3 is 1. The first-order valence-corrected chi connectivity index (χ1v) is 9.95. The van der Waals surface area contributed by atoms with Gasteiger partial charge in [0.2, 0.25) is 0 Å². The van der Waals surface area contributed by atoms with Gasteiger partial charge < -0.3 is 25.4 Å². The number of rotatable bonds is 8. The molecule has 3 rings (SSSR count). The SMILES string of the molecule is CCOc1cc([N+](=O)[O-])c(C(=O)Nc2cccc(NC(=O)Nc3ccccc3)c2)cc1OC. The number of hydrogen-bond donors (Lipinski definition) is 3. The number of benzene rings is 3. The molecule has 170 valence electrons. The van der Waals surface area contributed by atoms with Crippen LogP contribution in [0, 0.1) is 10.1 Å². The molecule has 10 heteroatoms. The van der Waals surface area contributed by atoms with Crippen molar-refractivity contribution in [3.63, 3.8) is 0 Å². The van der Waals surface area contributed by atoms with Gasteiger partial charge in [-0.15, -0.1) is 0 Å². The molecule has 0 atom stereocenters. The maximum atomic E-state index is 12.8. The normalized spacial score (nSPS) is 10.1. The van der Waals surface area contributed by atoms with Gasteiger partial charge in [0.1, 0.15) is 5.56 Å². The minimum Gasteiger partial charge on any atom is -0.493 e. The summed E-state index contributed by atoms with van der Waals surface area (Å²) in [7, 11) is 1.38. The van der Waals surface area contributed by atoms with Crippen LogP contribution in [0.2, 0.25) is 0 Å². The highest BCUT2D eigenvalue weighted by Crippen LogP contribution is 2.35. The summed E-state index contributed by atoms with van der Waals surface area (Å²) in [4.78, 5) is 35.9. The zero-order valence-corrected chi connectivity index (χ0v) is 18.0. The Morgan fingerprint density at radius 1 is 0.879 bits per heavy atom. The summed E-state index contributed by atoms with van der Waals surface area (Å²) in [5.41, 5.74) is 0.754. The molecule has 3 aromatic rings. The lowest BCUT2D eigenvalue weighted by Crippen LogP contribution is -2.19. The van der Waals surface area contributed by atoms with Crippen molar-refractivity contribution in [3.8, 4) is 11.5 Å². The van der Waals surface area contributed by atoms with Crippen molar-refractivity contribution in [2.24, 2.45) is 0 Å². The Morgan fingerprint density at radius 3 is 2.15 bits per heavy atom. The maximum Gasteiger partial charge on any atom is 0.323 e. The standard InChI is InChI=1S/C23H22N4O6/c1-3-33-21-14-19(27(30)31)18(13-20(21)32-2)22(28)24-16-10-7-11-17(12-16)26-23(29)25-15-8-5-4-6-9-15/h4-14H,3H2,1-2H3,(H,24,28)(H2,25,26,29). The number of hydrogen-bond acceptors (Lipinski definition) is 6. The average Bonchev–Trinajstić information content (AvgIpc) is 2.79. The van der Waals surface area contributed by atoms with Gasteiger partial charge in [0.15, 0.2) is 11.5 Å². The van der Waals surface area contributed by atoms with Crippen molar-refractivity contribution in [2.75, 3.05) is 29.7 Å². The fraction of sp³-hybridized carbons (Fsp3) is 0.130. The molecular weight excluding hydrogens is 428 g/mol. The lowest BCUT2D eigenvalue weighted by atomic mass is 10.1. The van der Waals surface area contributed by atoms with Crippen LogP contribution < -0.4 is 25.4 Å². The van der Waals surface area contributed by atoms with Crippen molar-refractivity contribution in [1.82, 2.24) is 0 Å². The zero-order chi connectivity index (χ0) is 23.8. The van der Waals surface area contributed by atoms with Gasteiger partial charge in [-0.3, -0.25) is 14.9 Å². The predicted molar refractivity (Wildman–Crippen MR) is 124 cm³/mol. The van der Waals surface area contributed by atoms with E-state index in [0.29, 0.717) is 17.1 Å². The topological polar surface area (TPSA) is 132 Å². The molecule has 3 amide bonds. The summed E-state index contributed by atoms with van der Waals surface area (Å²) in [5, 5.41) is 19.5. The van der Waals surface area contributed by atoms with Crippen molar-refractivity contribution >= 4 is 34.7 Å². The maximum absolute atomic E-state index is 12.8. The molecule has 0 saturated carbocycles. The second-order valence-electron chi connectivity index (χ2n) is 6.69. The first kappa shape index (κ1) is 23.1. The number of amides is 3. The van der Waals surface area contributed by atoms with Crippen molar-refractivity contribution < 1.29 is 24.0 Å². The van der Waals surface area contributed by atoms with Crippen LogP contribution in [0.4, 0.5) is 27.5 Å². The highest BCUT2D eigenvalue weighted by Gasteiger charge is 2.25. The van der Waals surface area contributed by atoms with E-state index in [-0.39, 0.29) is 23.7 Å². The van der Waals surface area contributed by atoms with Gasteiger partial charge >= 0.3 is 6.03 Å². The first-order chi connectivity index (χ1) is 15.9. The van der Waals surface area contributed by atoms with E-state index in [1.807, 2.05) is 6.07 Å². The van der Waals surface area contributed by atoms with E-state index >= 15 is 0 Å². The third-order valence-corrected chi connectivity index (χ3v) is 4.43. The smallest absolute Gasteiger partial charge is 0.323 e. The number of nitro groups is 1. The fourth-order valence-electron chi connectivity index (χ4n) is 3.00. The zero-order valence-electron chi connectivity index (χ0n) is 18.0. The van der Waals surface area contributed by atoms with Gasteiger partial charge in [0.05, 0.1) is 24.7 Å². The number of nitrogens with zero attached hydrogens (tertiary/aromatic N) is 1. The second-order valence-corrected chi connectivity index (χ2v) is 6.69.